The molecule has 0 radical (unpaired) electrons. The van der Waals surface area contributed by atoms with Crippen LogP contribution in [-0.4, -0.2) is 88.5 Å². The van der Waals surface area contributed by atoms with Gasteiger partial charge in [0.25, 0.3) is 0 Å². The van der Waals surface area contributed by atoms with Gasteiger partial charge in [-0.2, -0.15) is 0 Å². The Morgan fingerprint density at radius 1 is 0.556 bits per heavy atom. The number of alkyl halides is 1. The standard InChI is InChI=1S/C46H65ClN4O12/c1-28(2)39(42(58)49-33(24-37(54)62-45(6,7)8)35(52)23-29-17-19-30(26-47)20-18-29)51-40(56)32(21-22-36(53)61-44(3,4)5)48-41(57)34(25-38(55)63-46(9,10)11)50-43(59)60-27-31-15-13-12-14-16-31/h12-20,28,32-34,39H,21-27H2,1-11H3,(H,48,57)(H,49,58)(H,50,59)(H,51,56)/t32-,33+,34-,39+/m0/s1. The van der Waals surface area contributed by atoms with Crippen molar-refractivity contribution in [1.82, 2.24) is 21.3 Å². The third-order valence-electron chi connectivity index (χ3n) is 8.60. The molecule has 0 saturated carbocycles. The maximum absolute atomic E-state index is 14.1. The SMILES string of the molecule is CC(C)[C@@H](NC(=O)[C@H](CCC(=O)OC(C)(C)C)NC(=O)[C@H](CC(=O)OC(C)(C)C)NC(=O)OCc1ccccc1)C(=O)N[C@H](CC(=O)OC(C)(C)C)C(=O)Cc1ccc(CCl)cc1. The van der Waals surface area contributed by atoms with E-state index in [1.54, 1.807) is 131 Å². The van der Waals surface area contributed by atoms with Gasteiger partial charge in [0.2, 0.25) is 17.7 Å². The highest BCUT2D eigenvalue weighted by molar-refractivity contribution is 6.17. The number of alkyl carbamates (subject to hydrolysis) is 1. The van der Waals surface area contributed by atoms with Crippen molar-refractivity contribution in [2.24, 2.45) is 5.92 Å². The van der Waals surface area contributed by atoms with Gasteiger partial charge >= 0.3 is 24.0 Å². The Balaban J connectivity index is 2.43. The van der Waals surface area contributed by atoms with Crippen LogP contribution in [0.3, 0.4) is 0 Å². The molecule has 0 aliphatic rings. The molecule has 4 amide bonds. The van der Waals surface area contributed by atoms with E-state index in [1.165, 1.54) is 0 Å². The van der Waals surface area contributed by atoms with Crippen molar-refractivity contribution >= 4 is 59.1 Å². The lowest BCUT2D eigenvalue weighted by molar-refractivity contribution is -0.157. The minimum atomic E-state index is -1.62. The quantitative estimate of drug-likeness (QED) is 0.0691. The lowest BCUT2D eigenvalue weighted by Gasteiger charge is -2.28. The normalized spacial score (nSPS) is 13.6. The Morgan fingerprint density at radius 3 is 1.54 bits per heavy atom. The zero-order valence-electron chi connectivity index (χ0n) is 38.3. The van der Waals surface area contributed by atoms with E-state index >= 15 is 0 Å². The Morgan fingerprint density at radius 2 is 1.03 bits per heavy atom. The van der Waals surface area contributed by atoms with Gasteiger partial charge in [-0.25, -0.2) is 4.79 Å². The summed E-state index contributed by atoms with van der Waals surface area (Å²) in [5.41, 5.74) is -0.606. The highest BCUT2D eigenvalue weighted by Gasteiger charge is 2.35. The van der Waals surface area contributed by atoms with Gasteiger partial charge in [-0.15, -0.1) is 11.6 Å². The molecule has 0 spiro atoms. The van der Waals surface area contributed by atoms with Crippen LogP contribution in [0.15, 0.2) is 54.6 Å². The highest BCUT2D eigenvalue weighted by atomic mass is 35.5. The first-order valence-corrected chi connectivity index (χ1v) is 21.4. The molecule has 4 atom stereocenters. The number of amides is 4. The fourth-order valence-corrected chi connectivity index (χ4v) is 5.96. The van der Waals surface area contributed by atoms with Crippen molar-refractivity contribution < 1.29 is 57.3 Å². The van der Waals surface area contributed by atoms with Crippen LogP contribution >= 0.6 is 11.6 Å². The summed E-state index contributed by atoms with van der Waals surface area (Å²) in [4.78, 5) is 108. The molecule has 2 aromatic carbocycles. The van der Waals surface area contributed by atoms with Crippen molar-refractivity contribution in [2.45, 2.75) is 162 Å². The van der Waals surface area contributed by atoms with Gasteiger partial charge in [-0.3, -0.25) is 33.6 Å². The molecule has 0 unspecified atom stereocenters. The first-order valence-electron chi connectivity index (χ1n) is 20.8. The van der Waals surface area contributed by atoms with Gasteiger partial charge in [-0.1, -0.05) is 68.4 Å². The number of nitrogens with one attached hydrogen (secondary N) is 4. The first kappa shape index (κ1) is 53.6. The Hall–Kier alpha value is -5.51. The summed E-state index contributed by atoms with van der Waals surface area (Å²) in [5.74, 6) is -5.87. The zero-order chi connectivity index (χ0) is 47.7. The first-order chi connectivity index (χ1) is 29.1. The largest absolute Gasteiger partial charge is 0.460 e. The molecule has 0 aliphatic heterocycles. The van der Waals surface area contributed by atoms with Crippen LogP contribution < -0.4 is 21.3 Å². The summed E-state index contributed by atoms with van der Waals surface area (Å²) in [5, 5.41) is 10.1. The second-order valence-electron chi connectivity index (χ2n) is 18.4. The number of ketones is 1. The lowest BCUT2D eigenvalue weighted by atomic mass is 9.98. The number of Topliss-reactive ketones (excluding diaryl/α,β-unsaturated/α-hetero) is 1. The van der Waals surface area contributed by atoms with Crippen molar-refractivity contribution in [3.05, 3.63) is 71.3 Å². The van der Waals surface area contributed by atoms with Gasteiger partial charge in [-0.05, 0) is 91.3 Å². The zero-order valence-corrected chi connectivity index (χ0v) is 39.1. The molecule has 0 heterocycles. The molecule has 2 aromatic rings. The predicted octanol–water partition coefficient (Wildman–Crippen LogP) is 5.53. The number of hydrogen-bond acceptors (Lipinski definition) is 12. The van der Waals surface area contributed by atoms with Gasteiger partial charge in [0.05, 0.1) is 18.9 Å². The van der Waals surface area contributed by atoms with Crippen LogP contribution in [0.1, 0.15) is 119 Å². The lowest BCUT2D eigenvalue weighted by Crippen LogP contribution is -2.59. The summed E-state index contributed by atoms with van der Waals surface area (Å²) < 4.78 is 21.6. The molecular formula is C46H65ClN4O12. The molecule has 348 valence electrons. The monoisotopic (exact) mass is 900 g/mol. The Bertz CT molecular complexity index is 1880. The molecule has 63 heavy (non-hydrogen) atoms. The number of hydrogen-bond donors (Lipinski definition) is 4. The van der Waals surface area contributed by atoms with E-state index in [4.69, 9.17) is 30.5 Å². The van der Waals surface area contributed by atoms with E-state index in [0.717, 1.165) is 5.56 Å². The fraction of sp³-hybridized carbons (Fsp3) is 0.565. The number of ether oxygens (including phenoxy) is 4. The minimum Gasteiger partial charge on any atom is -0.460 e. The van der Waals surface area contributed by atoms with E-state index in [-0.39, 0.29) is 31.7 Å². The molecule has 17 heteroatoms. The van der Waals surface area contributed by atoms with Gasteiger partial charge in [0.15, 0.2) is 5.78 Å². The summed E-state index contributed by atoms with van der Waals surface area (Å²) in [7, 11) is 0. The predicted molar refractivity (Wildman–Crippen MR) is 235 cm³/mol. The third kappa shape index (κ3) is 21.9. The number of benzene rings is 2. The maximum Gasteiger partial charge on any atom is 0.408 e. The van der Waals surface area contributed by atoms with E-state index in [1.807, 2.05) is 0 Å². The minimum absolute atomic E-state index is 0.147. The third-order valence-corrected chi connectivity index (χ3v) is 8.91. The van der Waals surface area contributed by atoms with E-state index in [2.05, 4.69) is 21.3 Å². The van der Waals surface area contributed by atoms with E-state index in [0.29, 0.717) is 11.1 Å². The Kier molecular flexibility index (Phi) is 20.7. The molecule has 0 aromatic heterocycles. The highest BCUT2D eigenvalue weighted by Crippen LogP contribution is 2.16. The summed E-state index contributed by atoms with van der Waals surface area (Å²) >= 11 is 5.92. The van der Waals surface area contributed by atoms with Crippen LogP contribution in [0.25, 0.3) is 0 Å². The molecule has 2 rings (SSSR count). The summed E-state index contributed by atoms with van der Waals surface area (Å²) in [6.07, 6.45) is -3.06. The molecule has 4 N–H and O–H groups in total. The molecule has 0 fully saturated rings. The van der Waals surface area contributed by atoms with Gasteiger partial charge < -0.3 is 40.2 Å². The van der Waals surface area contributed by atoms with Crippen molar-refractivity contribution in [3.8, 4) is 0 Å². The Labute approximate surface area is 375 Å². The topological polar surface area (TPSA) is 222 Å². The second-order valence-corrected chi connectivity index (χ2v) is 18.7. The second kappa shape index (κ2) is 24.4. The van der Waals surface area contributed by atoms with Crippen LogP contribution in [0.5, 0.6) is 0 Å². The van der Waals surface area contributed by atoms with Crippen LogP contribution in [0.2, 0.25) is 0 Å². The molecule has 16 nitrogen and oxygen atoms in total. The van der Waals surface area contributed by atoms with Crippen molar-refractivity contribution in [2.75, 3.05) is 0 Å². The van der Waals surface area contributed by atoms with Crippen LogP contribution in [0, 0.1) is 5.92 Å². The van der Waals surface area contributed by atoms with Crippen molar-refractivity contribution in [1.29, 1.82) is 0 Å². The summed E-state index contributed by atoms with van der Waals surface area (Å²) in [6, 6.07) is 9.82. The van der Waals surface area contributed by atoms with E-state index in [9.17, 15) is 38.4 Å². The maximum atomic E-state index is 14.1. The molecule has 0 saturated heterocycles. The van der Waals surface area contributed by atoms with Crippen molar-refractivity contribution in [3.63, 3.8) is 0 Å². The van der Waals surface area contributed by atoms with Crippen LogP contribution in [-0.2, 0) is 71.4 Å². The smallest absolute Gasteiger partial charge is 0.408 e. The van der Waals surface area contributed by atoms with Gasteiger partial charge in [0, 0.05) is 18.7 Å². The molecule has 0 aliphatic carbocycles. The molecular weight excluding hydrogens is 836 g/mol. The van der Waals surface area contributed by atoms with Gasteiger partial charge in [0.1, 0.15) is 41.5 Å². The number of carbonyl (C=O) groups is 8. The fourth-order valence-electron chi connectivity index (χ4n) is 5.78. The van der Waals surface area contributed by atoms with Crippen LogP contribution in [0.4, 0.5) is 4.79 Å². The number of rotatable bonds is 21. The average Bonchev–Trinajstić information content (AvgIpc) is 3.15. The van der Waals surface area contributed by atoms with E-state index < -0.39 is 107 Å². The average molecular weight is 901 g/mol. The number of carbonyl (C=O) groups excluding carboxylic acids is 8. The summed E-state index contributed by atoms with van der Waals surface area (Å²) in [6.45, 7) is 17.9. The number of esters is 3. The molecule has 0 bridgehead atoms. The number of halogens is 1.